The van der Waals surface area contributed by atoms with Gasteiger partial charge in [0.1, 0.15) is 12.2 Å². The Balaban J connectivity index is 4.54. The van der Waals surface area contributed by atoms with E-state index >= 15 is 0 Å². The molecule has 0 saturated carbocycles. The zero-order valence-corrected chi connectivity index (χ0v) is 15.9. The molecule has 0 amide bonds. The van der Waals surface area contributed by atoms with Gasteiger partial charge in [0.05, 0.1) is 25.0 Å². The average Bonchev–Trinajstić information content (AvgIpc) is 2.54. The van der Waals surface area contributed by atoms with Gasteiger partial charge in [0.2, 0.25) is 0 Å². The van der Waals surface area contributed by atoms with Crippen LogP contribution in [0.4, 0.5) is 26.3 Å². The molecule has 0 aliphatic carbocycles. The third-order valence-corrected chi connectivity index (χ3v) is 3.90. The molecule has 0 heterocycles. The van der Waals surface area contributed by atoms with E-state index in [0.717, 1.165) is 0 Å². The number of rotatable bonds is 14. The maximum atomic E-state index is 12.5. The molecular weight excluding hydrogens is 398 g/mol. The van der Waals surface area contributed by atoms with Gasteiger partial charge in [-0.1, -0.05) is 0 Å². The number of alkyl halides is 6. The Morgan fingerprint density at radius 2 is 1.07 bits per heavy atom. The van der Waals surface area contributed by atoms with Gasteiger partial charge >= 0.3 is 12.4 Å². The summed E-state index contributed by atoms with van der Waals surface area (Å²) in [6.45, 7) is 3.05. The second kappa shape index (κ2) is 12.6. The van der Waals surface area contributed by atoms with Gasteiger partial charge in [-0.2, -0.15) is 26.3 Å². The van der Waals surface area contributed by atoms with Crippen LogP contribution in [0.5, 0.6) is 0 Å². The summed E-state index contributed by atoms with van der Waals surface area (Å²) in [5, 5.41) is 19.6. The highest BCUT2D eigenvalue weighted by molar-refractivity contribution is 5.86. The second-order valence-corrected chi connectivity index (χ2v) is 6.38. The number of carbonyl (C=O) groups excluding carboxylic acids is 1. The van der Waals surface area contributed by atoms with E-state index in [0.29, 0.717) is 0 Å². The fourth-order valence-electron chi connectivity index (χ4n) is 2.67. The molecule has 0 aliphatic rings. The molecule has 0 aliphatic heterocycles. The van der Waals surface area contributed by atoms with Gasteiger partial charge in [0.25, 0.3) is 0 Å². The molecule has 0 aromatic carbocycles. The van der Waals surface area contributed by atoms with E-state index < -0.39 is 55.4 Å². The van der Waals surface area contributed by atoms with Gasteiger partial charge in [0.15, 0.2) is 5.78 Å². The van der Waals surface area contributed by atoms with Gasteiger partial charge in [-0.3, -0.25) is 4.79 Å². The third-order valence-electron chi connectivity index (χ3n) is 3.90. The number of ketones is 1. The topological polar surface area (TPSA) is 76.0 Å². The number of hydrogen-bond donors (Lipinski definition) is 2. The van der Waals surface area contributed by atoms with Crippen molar-refractivity contribution >= 4 is 5.78 Å². The lowest BCUT2D eigenvalue weighted by atomic mass is 9.98. The molecule has 4 atom stereocenters. The van der Waals surface area contributed by atoms with Gasteiger partial charge in [-0.25, -0.2) is 0 Å². The predicted molar refractivity (Wildman–Crippen MR) is 87.7 cm³/mol. The molecule has 2 unspecified atom stereocenters. The number of aliphatic hydroxyl groups is 2. The van der Waals surface area contributed by atoms with E-state index in [1.807, 2.05) is 0 Å². The van der Waals surface area contributed by atoms with Crippen LogP contribution in [0, 0.1) is 0 Å². The first-order valence-corrected chi connectivity index (χ1v) is 9.05. The summed E-state index contributed by atoms with van der Waals surface area (Å²) < 4.78 is 84.6. The van der Waals surface area contributed by atoms with Crippen LogP contribution in [0.25, 0.3) is 0 Å². The number of Topliss-reactive ketones (excluding diaryl/α,β-unsaturated/α-hetero) is 1. The van der Waals surface area contributed by atoms with Gasteiger partial charge < -0.3 is 19.7 Å². The number of carbonyl (C=O) groups is 1. The van der Waals surface area contributed by atoms with Crippen molar-refractivity contribution < 1.29 is 50.8 Å². The van der Waals surface area contributed by atoms with Crippen LogP contribution in [-0.4, -0.2) is 66.0 Å². The minimum atomic E-state index is -4.47. The van der Waals surface area contributed by atoms with Gasteiger partial charge in [-0.15, -0.1) is 0 Å². The van der Waals surface area contributed by atoms with Crippen molar-refractivity contribution in [1.82, 2.24) is 0 Å². The van der Waals surface area contributed by atoms with Crippen molar-refractivity contribution in [3.63, 3.8) is 0 Å². The summed E-state index contributed by atoms with van der Waals surface area (Å²) in [4.78, 5) is 11.9. The van der Waals surface area contributed by atoms with E-state index in [4.69, 9.17) is 9.47 Å². The zero-order valence-electron chi connectivity index (χ0n) is 15.9. The monoisotopic (exact) mass is 426 g/mol. The minimum absolute atomic E-state index is 0.0193. The van der Waals surface area contributed by atoms with Gasteiger partial charge in [-0.05, 0) is 39.5 Å². The van der Waals surface area contributed by atoms with Crippen LogP contribution in [0.3, 0.4) is 0 Å². The number of aliphatic hydroxyl groups excluding tert-OH is 2. The van der Waals surface area contributed by atoms with Crippen LogP contribution >= 0.6 is 0 Å². The van der Waals surface area contributed by atoms with Crippen LogP contribution in [0.2, 0.25) is 0 Å². The molecule has 0 aromatic heterocycles. The van der Waals surface area contributed by atoms with Crippen molar-refractivity contribution in [2.75, 3.05) is 13.2 Å². The summed E-state index contributed by atoms with van der Waals surface area (Å²) in [6, 6.07) is 0. The highest BCUT2D eigenvalue weighted by Gasteiger charge is 2.35. The Morgan fingerprint density at radius 1 is 0.750 bits per heavy atom. The predicted octanol–water partition coefficient (Wildman–Crippen LogP) is 3.55. The molecule has 28 heavy (non-hydrogen) atoms. The average molecular weight is 426 g/mol. The summed E-state index contributed by atoms with van der Waals surface area (Å²) in [6.07, 6.45) is -18.6. The summed E-state index contributed by atoms with van der Waals surface area (Å²) in [5.41, 5.74) is 0. The van der Waals surface area contributed by atoms with Crippen LogP contribution in [0.15, 0.2) is 0 Å². The Labute approximate surface area is 160 Å². The number of hydrogen-bond acceptors (Lipinski definition) is 5. The lowest BCUT2D eigenvalue weighted by molar-refractivity contribution is -0.162. The minimum Gasteiger partial charge on any atom is -0.385 e. The van der Waals surface area contributed by atoms with Crippen molar-refractivity contribution in [2.45, 2.75) is 89.1 Å². The maximum Gasteiger partial charge on any atom is 0.391 e. The third kappa shape index (κ3) is 13.3. The van der Waals surface area contributed by atoms with E-state index in [9.17, 15) is 41.4 Å². The SMILES string of the molecule is CCOC(CC[C@@H](O)C(=O)[C@H](O)CCC(CC(F)(F)F)OCC)CC(F)(F)F. The normalized spacial score (nSPS) is 17.2. The second-order valence-electron chi connectivity index (χ2n) is 6.38. The molecule has 0 fully saturated rings. The first-order valence-electron chi connectivity index (χ1n) is 9.05. The Hall–Kier alpha value is -0.910. The van der Waals surface area contributed by atoms with E-state index in [-0.39, 0.29) is 38.9 Å². The molecule has 0 rings (SSSR count). The Morgan fingerprint density at radius 3 is 1.32 bits per heavy atom. The van der Waals surface area contributed by atoms with Gasteiger partial charge in [0, 0.05) is 13.2 Å². The lowest BCUT2D eigenvalue weighted by Gasteiger charge is -2.22. The quantitative estimate of drug-likeness (QED) is 0.416. The van der Waals surface area contributed by atoms with Crippen LogP contribution in [-0.2, 0) is 14.3 Å². The molecule has 0 radical (unpaired) electrons. The molecule has 5 nitrogen and oxygen atoms in total. The van der Waals surface area contributed by atoms with Crippen molar-refractivity contribution in [3.8, 4) is 0 Å². The summed E-state index contributed by atoms with van der Waals surface area (Å²) >= 11 is 0. The summed E-state index contributed by atoms with van der Waals surface area (Å²) in [7, 11) is 0. The molecule has 2 N–H and O–H groups in total. The van der Waals surface area contributed by atoms with Crippen molar-refractivity contribution in [1.29, 1.82) is 0 Å². The maximum absolute atomic E-state index is 12.5. The van der Waals surface area contributed by atoms with E-state index in [2.05, 4.69) is 0 Å². The number of halogens is 6. The molecule has 0 bridgehead atoms. The fourth-order valence-corrected chi connectivity index (χ4v) is 2.67. The molecule has 0 spiro atoms. The Kier molecular flexibility index (Phi) is 12.2. The molecule has 168 valence electrons. The van der Waals surface area contributed by atoms with E-state index in [1.54, 1.807) is 0 Å². The number of ether oxygens (including phenoxy) is 2. The summed E-state index contributed by atoms with van der Waals surface area (Å²) in [5.74, 6) is -1.05. The fraction of sp³-hybridized carbons (Fsp3) is 0.941. The molecule has 0 aromatic rings. The Bertz CT molecular complexity index is 403. The first-order chi connectivity index (χ1) is 12.8. The highest BCUT2D eigenvalue weighted by Crippen LogP contribution is 2.27. The standard InChI is InChI=1S/C17H28F6O5/c1-3-27-11(9-16(18,19)20)5-7-13(24)15(26)14(25)8-6-12(28-4-2)10-17(21,22)23/h11-14,24-25H,3-10H2,1-2H3/t11?,12?,13-,14-/m1/s1. The zero-order chi connectivity index (χ0) is 22.0. The smallest absolute Gasteiger partial charge is 0.385 e. The highest BCUT2D eigenvalue weighted by atomic mass is 19.4. The van der Waals surface area contributed by atoms with Crippen molar-refractivity contribution in [3.05, 3.63) is 0 Å². The van der Waals surface area contributed by atoms with Crippen LogP contribution < -0.4 is 0 Å². The van der Waals surface area contributed by atoms with Crippen LogP contribution in [0.1, 0.15) is 52.4 Å². The molecular formula is C17H28F6O5. The van der Waals surface area contributed by atoms with Crippen molar-refractivity contribution in [2.24, 2.45) is 0 Å². The lowest BCUT2D eigenvalue weighted by Crippen LogP contribution is -2.34. The largest absolute Gasteiger partial charge is 0.391 e. The first kappa shape index (κ1) is 27.1. The molecule has 0 saturated heterocycles. The van der Waals surface area contributed by atoms with E-state index in [1.165, 1.54) is 13.8 Å². The molecule has 11 heteroatoms.